The quantitative estimate of drug-likeness (QED) is 0.805. The summed E-state index contributed by atoms with van der Waals surface area (Å²) >= 11 is 1.57. The highest BCUT2D eigenvalue weighted by atomic mass is 32.1. The SMILES string of the molecule is COc1ccc(-c2cn3cc(C(=O)NC4CC4)nc3s2)cc1. The first-order valence-corrected chi connectivity index (χ1v) is 7.98. The molecule has 1 saturated carbocycles. The lowest BCUT2D eigenvalue weighted by Crippen LogP contribution is -2.25. The van der Waals surface area contributed by atoms with Crippen molar-refractivity contribution in [3.8, 4) is 16.2 Å². The molecule has 0 unspecified atom stereocenters. The van der Waals surface area contributed by atoms with Crippen molar-refractivity contribution < 1.29 is 9.53 Å². The van der Waals surface area contributed by atoms with Gasteiger partial charge in [0, 0.05) is 18.4 Å². The molecule has 0 radical (unpaired) electrons. The molecule has 112 valence electrons. The molecule has 1 aliphatic carbocycles. The van der Waals surface area contributed by atoms with Crippen molar-refractivity contribution >= 4 is 22.2 Å². The van der Waals surface area contributed by atoms with Gasteiger partial charge >= 0.3 is 0 Å². The molecule has 2 aromatic heterocycles. The number of methoxy groups -OCH3 is 1. The summed E-state index contributed by atoms with van der Waals surface area (Å²) in [6.07, 6.45) is 5.95. The Morgan fingerprint density at radius 3 is 2.73 bits per heavy atom. The molecule has 1 aliphatic rings. The van der Waals surface area contributed by atoms with Crippen molar-refractivity contribution in [1.29, 1.82) is 0 Å². The number of hydrogen-bond donors (Lipinski definition) is 1. The number of nitrogens with zero attached hydrogens (tertiary/aromatic N) is 2. The number of carbonyl (C=O) groups is 1. The van der Waals surface area contributed by atoms with Crippen LogP contribution in [0.2, 0.25) is 0 Å². The highest BCUT2D eigenvalue weighted by molar-refractivity contribution is 7.20. The van der Waals surface area contributed by atoms with Crippen LogP contribution in [0.5, 0.6) is 5.75 Å². The van der Waals surface area contributed by atoms with Crippen LogP contribution in [0.4, 0.5) is 0 Å². The van der Waals surface area contributed by atoms with Crippen LogP contribution in [0.3, 0.4) is 0 Å². The number of nitrogens with one attached hydrogen (secondary N) is 1. The summed E-state index contributed by atoms with van der Waals surface area (Å²) in [6.45, 7) is 0. The number of imidazole rings is 1. The monoisotopic (exact) mass is 313 g/mol. The van der Waals surface area contributed by atoms with Crippen LogP contribution in [-0.4, -0.2) is 28.4 Å². The van der Waals surface area contributed by atoms with Crippen molar-refractivity contribution in [3.05, 3.63) is 42.4 Å². The fourth-order valence-corrected chi connectivity index (χ4v) is 3.25. The summed E-state index contributed by atoms with van der Waals surface area (Å²) in [5, 5.41) is 2.96. The third-order valence-corrected chi connectivity index (χ3v) is 4.72. The van der Waals surface area contributed by atoms with E-state index in [2.05, 4.69) is 10.3 Å². The van der Waals surface area contributed by atoms with E-state index in [0.717, 1.165) is 34.0 Å². The number of fused-ring (bicyclic) bond motifs is 1. The molecule has 1 amide bonds. The molecule has 5 nitrogen and oxygen atoms in total. The Labute approximate surface area is 131 Å². The molecule has 3 aromatic rings. The van der Waals surface area contributed by atoms with Crippen LogP contribution in [0.25, 0.3) is 15.4 Å². The van der Waals surface area contributed by atoms with E-state index < -0.39 is 0 Å². The Kier molecular flexibility index (Phi) is 3.11. The van der Waals surface area contributed by atoms with Crippen molar-refractivity contribution in [2.24, 2.45) is 0 Å². The van der Waals surface area contributed by atoms with Crippen LogP contribution in [0.15, 0.2) is 36.7 Å². The van der Waals surface area contributed by atoms with Crippen molar-refractivity contribution in [2.45, 2.75) is 18.9 Å². The van der Waals surface area contributed by atoms with Crippen molar-refractivity contribution in [1.82, 2.24) is 14.7 Å². The molecule has 0 atom stereocenters. The van der Waals surface area contributed by atoms with Gasteiger partial charge in [-0.15, -0.1) is 0 Å². The Morgan fingerprint density at radius 1 is 1.32 bits per heavy atom. The highest BCUT2D eigenvalue weighted by Crippen LogP contribution is 2.30. The first-order chi connectivity index (χ1) is 10.7. The first-order valence-electron chi connectivity index (χ1n) is 7.17. The number of amides is 1. The molecule has 0 aliphatic heterocycles. The van der Waals surface area contributed by atoms with Gasteiger partial charge < -0.3 is 10.1 Å². The predicted molar refractivity (Wildman–Crippen MR) is 85.5 cm³/mol. The topological polar surface area (TPSA) is 55.6 Å². The fraction of sp³-hybridized carbons (Fsp3) is 0.250. The number of ether oxygens (including phenoxy) is 1. The minimum Gasteiger partial charge on any atom is -0.497 e. The number of benzene rings is 1. The van der Waals surface area contributed by atoms with Gasteiger partial charge in [-0.05, 0) is 42.7 Å². The maximum absolute atomic E-state index is 12.0. The molecule has 0 saturated heterocycles. The molecule has 22 heavy (non-hydrogen) atoms. The van der Waals surface area contributed by atoms with Crippen LogP contribution < -0.4 is 10.1 Å². The summed E-state index contributed by atoms with van der Waals surface area (Å²) in [7, 11) is 1.66. The van der Waals surface area contributed by atoms with Gasteiger partial charge in [-0.2, -0.15) is 0 Å². The molecule has 4 rings (SSSR count). The largest absolute Gasteiger partial charge is 0.497 e. The van der Waals surface area contributed by atoms with Crippen LogP contribution in [0, 0.1) is 0 Å². The van der Waals surface area contributed by atoms with Gasteiger partial charge in [0.1, 0.15) is 11.4 Å². The van der Waals surface area contributed by atoms with Crippen LogP contribution >= 0.6 is 11.3 Å². The van der Waals surface area contributed by atoms with E-state index in [9.17, 15) is 4.79 Å². The second-order valence-corrected chi connectivity index (χ2v) is 6.40. The molecule has 2 heterocycles. The average molecular weight is 313 g/mol. The summed E-state index contributed by atoms with van der Waals surface area (Å²) in [4.78, 5) is 18.3. The minimum atomic E-state index is -0.0793. The van der Waals surface area contributed by atoms with Crippen molar-refractivity contribution in [3.63, 3.8) is 0 Å². The lowest BCUT2D eigenvalue weighted by Gasteiger charge is -2.00. The molecule has 0 bridgehead atoms. The van der Waals surface area contributed by atoms with E-state index in [1.54, 1.807) is 24.6 Å². The number of hydrogen-bond acceptors (Lipinski definition) is 4. The van der Waals surface area contributed by atoms with Gasteiger partial charge in [-0.25, -0.2) is 4.98 Å². The van der Waals surface area contributed by atoms with E-state index in [0.29, 0.717) is 11.7 Å². The van der Waals surface area contributed by atoms with Gasteiger partial charge in [-0.3, -0.25) is 9.20 Å². The minimum absolute atomic E-state index is 0.0793. The maximum Gasteiger partial charge on any atom is 0.271 e. The smallest absolute Gasteiger partial charge is 0.271 e. The average Bonchev–Trinajstić information content (AvgIpc) is 3.11. The zero-order valence-electron chi connectivity index (χ0n) is 12.1. The molecule has 0 spiro atoms. The lowest BCUT2D eigenvalue weighted by molar-refractivity contribution is 0.0946. The Hall–Kier alpha value is -2.34. The number of rotatable bonds is 4. The Morgan fingerprint density at radius 2 is 2.09 bits per heavy atom. The van der Waals surface area contributed by atoms with Gasteiger partial charge in [0.05, 0.1) is 12.0 Å². The fourth-order valence-electron chi connectivity index (χ4n) is 2.28. The summed E-state index contributed by atoms with van der Waals surface area (Å²) in [5.74, 6) is 0.758. The zero-order valence-corrected chi connectivity index (χ0v) is 12.9. The van der Waals surface area contributed by atoms with Crippen LogP contribution in [-0.2, 0) is 0 Å². The van der Waals surface area contributed by atoms with Gasteiger partial charge in [0.2, 0.25) is 0 Å². The number of carbonyl (C=O) groups excluding carboxylic acids is 1. The molecule has 1 N–H and O–H groups in total. The molecular weight excluding hydrogens is 298 g/mol. The molecule has 6 heteroatoms. The third kappa shape index (κ3) is 2.46. The standard InChI is InChI=1S/C16H15N3O2S/c1-21-12-6-2-10(3-7-12)14-9-19-8-13(18-16(19)22-14)15(20)17-11-4-5-11/h2-3,6-9,11H,4-5H2,1H3,(H,17,20). The summed E-state index contributed by atoms with van der Waals surface area (Å²) in [5.41, 5.74) is 1.60. The highest BCUT2D eigenvalue weighted by Gasteiger charge is 2.25. The Balaban J connectivity index is 1.60. The van der Waals surface area contributed by atoms with Crippen molar-refractivity contribution in [2.75, 3.05) is 7.11 Å². The molecule has 1 aromatic carbocycles. The van der Waals surface area contributed by atoms with E-state index in [4.69, 9.17) is 4.74 Å². The summed E-state index contributed by atoms with van der Waals surface area (Å²) in [6, 6.07) is 8.26. The second-order valence-electron chi connectivity index (χ2n) is 5.39. The van der Waals surface area contributed by atoms with E-state index in [1.807, 2.05) is 34.9 Å². The number of aromatic nitrogens is 2. The molecular formula is C16H15N3O2S. The predicted octanol–water partition coefficient (Wildman–Crippen LogP) is 2.96. The molecule has 1 fully saturated rings. The summed E-state index contributed by atoms with van der Waals surface area (Å²) < 4.78 is 7.08. The normalized spacial score (nSPS) is 14.2. The Bertz CT molecular complexity index is 799. The zero-order chi connectivity index (χ0) is 15.1. The lowest BCUT2D eigenvalue weighted by atomic mass is 10.2. The van der Waals surface area contributed by atoms with E-state index in [1.165, 1.54) is 0 Å². The van der Waals surface area contributed by atoms with Crippen LogP contribution in [0.1, 0.15) is 23.3 Å². The van der Waals surface area contributed by atoms with Gasteiger partial charge in [0.15, 0.2) is 4.96 Å². The number of thiazole rings is 1. The van der Waals surface area contributed by atoms with E-state index in [-0.39, 0.29) is 5.91 Å². The first kappa shape index (κ1) is 13.3. The maximum atomic E-state index is 12.0. The van der Waals surface area contributed by atoms with Gasteiger partial charge in [0.25, 0.3) is 5.91 Å². The van der Waals surface area contributed by atoms with E-state index >= 15 is 0 Å². The second kappa shape index (κ2) is 5.14. The third-order valence-electron chi connectivity index (χ3n) is 3.68. The van der Waals surface area contributed by atoms with Gasteiger partial charge in [-0.1, -0.05) is 11.3 Å².